The number of piperazine rings is 1. The van der Waals surface area contributed by atoms with Crippen molar-refractivity contribution in [2.75, 3.05) is 51.3 Å². The first kappa shape index (κ1) is 16.6. The number of methoxy groups -OCH3 is 1. The van der Waals surface area contributed by atoms with Crippen LogP contribution in [0, 0.1) is 13.8 Å². The molecule has 1 heterocycles. The molecule has 0 unspecified atom stereocenters. The molecule has 1 aromatic carbocycles. The van der Waals surface area contributed by atoms with E-state index in [1.165, 1.54) is 16.8 Å². The number of nitrogens with zero attached hydrogens (tertiary/aromatic N) is 2. The van der Waals surface area contributed by atoms with Crippen molar-refractivity contribution >= 4 is 11.7 Å². The highest BCUT2D eigenvalue weighted by Crippen LogP contribution is 2.23. The number of nitrogens with one attached hydrogen (secondary N) is 1. The molecule has 22 heavy (non-hydrogen) atoms. The largest absolute Gasteiger partial charge is 0.385 e. The predicted octanol–water partition coefficient (Wildman–Crippen LogP) is 2.17. The van der Waals surface area contributed by atoms with Crippen molar-refractivity contribution in [2.24, 2.45) is 0 Å². The lowest BCUT2D eigenvalue weighted by Crippen LogP contribution is -2.52. The number of benzene rings is 1. The van der Waals surface area contributed by atoms with Crippen LogP contribution in [-0.4, -0.2) is 57.4 Å². The Hall–Kier alpha value is -1.75. The lowest BCUT2D eigenvalue weighted by Gasteiger charge is -2.37. The lowest BCUT2D eigenvalue weighted by molar-refractivity contribution is 0.183. The summed E-state index contributed by atoms with van der Waals surface area (Å²) in [5, 5.41) is 2.95. The standard InChI is InChI=1S/C17H27N3O2/c1-14-6-4-7-16(15(14)2)19-9-11-20(12-10-19)17(21)18-8-5-13-22-3/h4,6-7H,5,8-13H2,1-3H3,(H,18,21). The van der Waals surface area contributed by atoms with Crippen molar-refractivity contribution in [1.82, 2.24) is 10.2 Å². The number of aryl methyl sites for hydroxylation is 1. The highest BCUT2D eigenvalue weighted by atomic mass is 16.5. The van der Waals surface area contributed by atoms with Crippen molar-refractivity contribution in [1.29, 1.82) is 0 Å². The van der Waals surface area contributed by atoms with Crippen molar-refractivity contribution in [3.05, 3.63) is 29.3 Å². The number of hydrogen-bond donors (Lipinski definition) is 1. The molecular formula is C17H27N3O2. The fourth-order valence-electron chi connectivity index (χ4n) is 2.75. The van der Waals surface area contributed by atoms with Gasteiger partial charge in [-0.15, -0.1) is 0 Å². The average molecular weight is 305 g/mol. The van der Waals surface area contributed by atoms with Crippen molar-refractivity contribution in [3.8, 4) is 0 Å². The van der Waals surface area contributed by atoms with Crippen LogP contribution >= 0.6 is 0 Å². The van der Waals surface area contributed by atoms with Gasteiger partial charge in [0.15, 0.2) is 0 Å². The van der Waals surface area contributed by atoms with Gasteiger partial charge in [-0.1, -0.05) is 12.1 Å². The van der Waals surface area contributed by atoms with Crippen molar-refractivity contribution in [2.45, 2.75) is 20.3 Å². The van der Waals surface area contributed by atoms with Crippen LogP contribution in [0.4, 0.5) is 10.5 Å². The maximum absolute atomic E-state index is 12.1. The van der Waals surface area contributed by atoms with E-state index in [1.807, 2.05) is 4.90 Å². The van der Waals surface area contributed by atoms with Gasteiger partial charge in [0.05, 0.1) is 0 Å². The lowest BCUT2D eigenvalue weighted by atomic mass is 10.1. The summed E-state index contributed by atoms with van der Waals surface area (Å²) in [5.41, 5.74) is 3.94. The van der Waals surface area contributed by atoms with E-state index in [0.717, 1.165) is 32.6 Å². The normalized spacial score (nSPS) is 15.0. The van der Waals surface area contributed by atoms with Gasteiger partial charge in [-0.25, -0.2) is 4.79 Å². The smallest absolute Gasteiger partial charge is 0.317 e. The maximum atomic E-state index is 12.1. The second kappa shape index (κ2) is 8.03. The third kappa shape index (κ3) is 4.13. The summed E-state index contributed by atoms with van der Waals surface area (Å²) in [6.45, 7) is 8.96. The Morgan fingerprint density at radius 3 is 2.64 bits per heavy atom. The Morgan fingerprint density at radius 2 is 1.95 bits per heavy atom. The summed E-state index contributed by atoms with van der Waals surface area (Å²) in [4.78, 5) is 16.4. The molecule has 1 saturated heterocycles. The maximum Gasteiger partial charge on any atom is 0.317 e. The van der Waals surface area contributed by atoms with E-state index >= 15 is 0 Å². The molecule has 0 spiro atoms. The van der Waals surface area contributed by atoms with E-state index in [1.54, 1.807) is 7.11 Å². The number of urea groups is 1. The Kier molecular flexibility index (Phi) is 6.07. The molecule has 2 rings (SSSR count). The number of anilines is 1. The number of rotatable bonds is 5. The van der Waals surface area contributed by atoms with Gasteiger partial charge in [-0.2, -0.15) is 0 Å². The minimum Gasteiger partial charge on any atom is -0.385 e. The van der Waals surface area contributed by atoms with Gasteiger partial charge in [0.1, 0.15) is 0 Å². The summed E-state index contributed by atoms with van der Waals surface area (Å²) in [5.74, 6) is 0. The van der Waals surface area contributed by atoms with E-state index in [0.29, 0.717) is 13.2 Å². The highest BCUT2D eigenvalue weighted by molar-refractivity contribution is 5.74. The van der Waals surface area contributed by atoms with Gasteiger partial charge in [0, 0.05) is 52.1 Å². The predicted molar refractivity (Wildman–Crippen MR) is 89.6 cm³/mol. The summed E-state index contributed by atoms with van der Waals surface area (Å²) < 4.78 is 4.98. The molecule has 122 valence electrons. The quantitative estimate of drug-likeness (QED) is 0.848. The van der Waals surface area contributed by atoms with Crippen LogP contribution in [0.25, 0.3) is 0 Å². The van der Waals surface area contributed by atoms with Gasteiger partial charge in [0.25, 0.3) is 0 Å². The molecule has 0 atom stereocenters. The molecule has 0 radical (unpaired) electrons. The monoisotopic (exact) mass is 305 g/mol. The summed E-state index contributed by atoms with van der Waals surface area (Å²) in [6, 6.07) is 6.45. The van der Waals surface area contributed by atoms with E-state index in [2.05, 4.69) is 42.3 Å². The van der Waals surface area contributed by atoms with Gasteiger partial charge >= 0.3 is 6.03 Å². The molecule has 1 aliphatic rings. The molecule has 1 fully saturated rings. The van der Waals surface area contributed by atoms with Crippen molar-refractivity contribution in [3.63, 3.8) is 0 Å². The SMILES string of the molecule is COCCCNC(=O)N1CCN(c2cccc(C)c2C)CC1. The van der Waals surface area contributed by atoms with Gasteiger partial charge in [0.2, 0.25) is 0 Å². The Morgan fingerprint density at radius 1 is 1.23 bits per heavy atom. The fourth-order valence-corrected chi connectivity index (χ4v) is 2.75. The Bertz CT molecular complexity index is 497. The fraction of sp³-hybridized carbons (Fsp3) is 0.588. The molecule has 1 N–H and O–H groups in total. The summed E-state index contributed by atoms with van der Waals surface area (Å²) in [7, 11) is 1.67. The summed E-state index contributed by atoms with van der Waals surface area (Å²) >= 11 is 0. The molecule has 0 aromatic heterocycles. The topological polar surface area (TPSA) is 44.8 Å². The van der Waals surface area contributed by atoms with E-state index in [4.69, 9.17) is 4.74 Å². The Balaban J connectivity index is 1.82. The number of carbonyl (C=O) groups excluding carboxylic acids is 1. The van der Waals surface area contributed by atoms with E-state index < -0.39 is 0 Å². The third-order valence-corrected chi connectivity index (χ3v) is 4.29. The molecule has 1 aromatic rings. The average Bonchev–Trinajstić information content (AvgIpc) is 2.54. The summed E-state index contributed by atoms with van der Waals surface area (Å²) in [6.07, 6.45) is 0.852. The molecule has 0 aliphatic carbocycles. The van der Waals surface area contributed by atoms with Gasteiger partial charge < -0.3 is 19.9 Å². The van der Waals surface area contributed by atoms with Crippen LogP contribution in [0.3, 0.4) is 0 Å². The number of hydrogen-bond acceptors (Lipinski definition) is 3. The number of carbonyl (C=O) groups is 1. The first-order valence-electron chi connectivity index (χ1n) is 7.96. The number of amides is 2. The van der Waals surface area contributed by atoms with E-state index in [-0.39, 0.29) is 6.03 Å². The van der Waals surface area contributed by atoms with Crippen LogP contribution in [-0.2, 0) is 4.74 Å². The van der Waals surface area contributed by atoms with Gasteiger partial charge in [-0.3, -0.25) is 0 Å². The van der Waals surface area contributed by atoms with E-state index in [9.17, 15) is 4.79 Å². The molecule has 0 saturated carbocycles. The number of ether oxygens (including phenoxy) is 1. The molecule has 2 amide bonds. The zero-order valence-electron chi connectivity index (χ0n) is 13.9. The first-order chi connectivity index (χ1) is 10.6. The molecule has 1 aliphatic heterocycles. The third-order valence-electron chi connectivity index (χ3n) is 4.29. The highest BCUT2D eigenvalue weighted by Gasteiger charge is 2.21. The second-order valence-corrected chi connectivity index (χ2v) is 5.77. The van der Waals surface area contributed by atoms with Crippen LogP contribution in [0.1, 0.15) is 17.5 Å². The zero-order chi connectivity index (χ0) is 15.9. The van der Waals surface area contributed by atoms with Gasteiger partial charge in [-0.05, 0) is 37.5 Å². The minimum absolute atomic E-state index is 0.0386. The molecule has 5 heteroatoms. The second-order valence-electron chi connectivity index (χ2n) is 5.77. The Labute approximate surface area is 133 Å². The molecule has 5 nitrogen and oxygen atoms in total. The first-order valence-corrected chi connectivity index (χ1v) is 7.96. The van der Waals surface area contributed by atoms with Crippen molar-refractivity contribution < 1.29 is 9.53 Å². The zero-order valence-corrected chi connectivity index (χ0v) is 13.9. The van der Waals surface area contributed by atoms with Crippen LogP contribution in [0.5, 0.6) is 0 Å². The van der Waals surface area contributed by atoms with Crippen LogP contribution in [0.2, 0.25) is 0 Å². The van der Waals surface area contributed by atoms with Crippen LogP contribution in [0.15, 0.2) is 18.2 Å². The minimum atomic E-state index is 0.0386. The van der Waals surface area contributed by atoms with Crippen LogP contribution < -0.4 is 10.2 Å². The molecule has 0 bridgehead atoms. The molecular weight excluding hydrogens is 278 g/mol.